The van der Waals surface area contributed by atoms with Gasteiger partial charge in [-0.2, -0.15) is 0 Å². The van der Waals surface area contributed by atoms with Gasteiger partial charge in [-0.25, -0.2) is 0 Å². The summed E-state index contributed by atoms with van der Waals surface area (Å²) in [6, 6.07) is 11.7. The number of aromatic nitrogens is 1. The van der Waals surface area contributed by atoms with E-state index in [2.05, 4.69) is 4.98 Å². The fraction of sp³-hybridized carbons (Fsp3) is 0.429. The SMILES string of the molecule is Cc1ccccc1C(=O)N1C[C@@H]2COC[C@]2(COCc2cccnc2)C1. The van der Waals surface area contributed by atoms with Crippen LogP contribution in [0, 0.1) is 18.3 Å². The van der Waals surface area contributed by atoms with Crippen LogP contribution in [-0.4, -0.2) is 48.7 Å². The number of rotatable bonds is 5. The van der Waals surface area contributed by atoms with Crippen LogP contribution in [0.2, 0.25) is 0 Å². The van der Waals surface area contributed by atoms with E-state index in [1.54, 1.807) is 6.20 Å². The van der Waals surface area contributed by atoms with Crippen molar-refractivity contribution in [1.29, 1.82) is 0 Å². The Morgan fingerprint density at radius 2 is 2.23 bits per heavy atom. The average molecular weight is 352 g/mol. The van der Waals surface area contributed by atoms with Gasteiger partial charge in [-0.15, -0.1) is 0 Å². The molecule has 2 saturated heterocycles. The fourth-order valence-corrected chi connectivity index (χ4v) is 4.03. The van der Waals surface area contributed by atoms with Gasteiger partial charge >= 0.3 is 0 Å². The van der Waals surface area contributed by atoms with Gasteiger partial charge in [0.05, 0.1) is 26.4 Å². The van der Waals surface area contributed by atoms with Gasteiger partial charge in [-0.1, -0.05) is 24.3 Å². The predicted molar refractivity (Wildman–Crippen MR) is 97.7 cm³/mol. The van der Waals surface area contributed by atoms with E-state index in [0.717, 1.165) is 23.2 Å². The number of hydrogen-bond donors (Lipinski definition) is 0. The molecule has 2 aromatic rings. The number of likely N-dealkylation sites (tertiary alicyclic amines) is 1. The second-order valence-corrected chi connectivity index (χ2v) is 7.43. The largest absolute Gasteiger partial charge is 0.380 e. The molecule has 2 fully saturated rings. The van der Waals surface area contributed by atoms with Crippen LogP contribution in [0.15, 0.2) is 48.8 Å². The maximum atomic E-state index is 13.0. The van der Waals surface area contributed by atoms with Gasteiger partial charge in [0.15, 0.2) is 0 Å². The first-order valence-corrected chi connectivity index (χ1v) is 9.07. The van der Waals surface area contributed by atoms with Gasteiger partial charge in [0.25, 0.3) is 5.91 Å². The number of pyridine rings is 1. The van der Waals surface area contributed by atoms with E-state index in [0.29, 0.717) is 38.9 Å². The average Bonchev–Trinajstić information content (AvgIpc) is 3.20. The molecule has 0 aliphatic carbocycles. The molecule has 2 aliphatic heterocycles. The van der Waals surface area contributed by atoms with Crippen molar-refractivity contribution in [3.63, 3.8) is 0 Å². The number of benzene rings is 1. The van der Waals surface area contributed by atoms with Crippen LogP contribution >= 0.6 is 0 Å². The molecule has 1 aromatic heterocycles. The number of hydrogen-bond acceptors (Lipinski definition) is 4. The molecule has 0 N–H and O–H groups in total. The number of ether oxygens (including phenoxy) is 2. The molecule has 5 heteroatoms. The minimum absolute atomic E-state index is 0.0967. The molecule has 2 aliphatic rings. The summed E-state index contributed by atoms with van der Waals surface area (Å²) in [6.45, 7) is 5.91. The highest BCUT2D eigenvalue weighted by atomic mass is 16.5. The molecule has 4 rings (SSSR count). The molecule has 136 valence electrons. The summed E-state index contributed by atoms with van der Waals surface area (Å²) in [5.41, 5.74) is 2.78. The van der Waals surface area contributed by atoms with Crippen molar-refractivity contribution in [3.8, 4) is 0 Å². The van der Waals surface area contributed by atoms with Crippen molar-refractivity contribution in [1.82, 2.24) is 9.88 Å². The van der Waals surface area contributed by atoms with Crippen LogP contribution in [0.4, 0.5) is 0 Å². The molecule has 2 atom stereocenters. The van der Waals surface area contributed by atoms with Crippen LogP contribution in [-0.2, 0) is 16.1 Å². The van der Waals surface area contributed by atoms with E-state index >= 15 is 0 Å². The summed E-state index contributed by atoms with van der Waals surface area (Å²) in [6.07, 6.45) is 3.58. The summed E-state index contributed by atoms with van der Waals surface area (Å²) < 4.78 is 11.8. The molecule has 0 saturated carbocycles. The molecule has 0 spiro atoms. The van der Waals surface area contributed by atoms with Crippen molar-refractivity contribution in [2.45, 2.75) is 13.5 Å². The van der Waals surface area contributed by atoms with Gasteiger partial charge in [-0.3, -0.25) is 9.78 Å². The smallest absolute Gasteiger partial charge is 0.254 e. The van der Waals surface area contributed by atoms with Gasteiger partial charge in [0.1, 0.15) is 0 Å². The molecule has 0 radical (unpaired) electrons. The predicted octanol–water partition coefficient (Wildman–Crippen LogP) is 2.70. The fourth-order valence-electron chi connectivity index (χ4n) is 4.03. The van der Waals surface area contributed by atoms with E-state index in [-0.39, 0.29) is 11.3 Å². The van der Waals surface area contributed by atoms with Crippen LogP contribution in [0.25, 0.3) is 0 Å². The molecule has 0 unspecified atom stereocenters. The Morgan fingerprint density at radius 1 is 1.35 bits per heavy atom. The molecule has 1 aromatic carbocycles. The number of nitrogens with zero attached hydrogens (tertiary/aromatic N) is 2. The molecule has 1 amide bonds. The zero-order valence-corrected chi connectivity index (χ0v) is 15.1. The zero-order valence-electron chi connectivity index (χ0n) is 15.1. The van der Waals surface area contributed by atoms with E-state index in [9.17, 15) is 4.79 Å². The second-order valence-electron chi connectivity index (χ2n) is 7.43. The Hall–Kier alpha value is -2.24. The third-order valence-corrected chi connectivity index (χ3v) is 5.56. The normalized spacial score (nSPS) is 24.7. The summed E-state index contributed by atoms with van der Waals surface area (Å²) >= 11 is 0. The molecule has 5 nitrogen and oxygen atoms in total. The summed E-state index contributed by atoms with van der Waals surface area (Å²) in [5.74, 6) is 0.452. The van der Waals surface area contributed by atoms with Crippen LogP contribution in [0.1, 0.15) is 21.5 Å². The van der Waals surface area contributed by atoms with E-state index in [1.807, 2.05) is 54.4 Å². The Kier molecular flexibility index (Phi) is 4.74. The first-order chi connectivity index (χ1) is 12.7. The van der Waals surface area contributed by atoms with Crippen molar-refractivity contribution in [2.75, 3.05) is 32.9 Å². The standard InChI is InChI=1S/C21H24N2O3/c1-16-5-2-3-7-19(16)20(24)23-10-18-12-26-15-21(18,13-23)14-25-11-17-6-4-8-22-9-17/h2-9,18H,10-15H2,1H3/t18-,21-/m1/s1. The monoisotopic (exact) mass is 352 g/mol. The first-order valence-electron chi connectivity index (χ1n) is 9.07. The number of fused-ring (bicyclic) bond motifs is 1. The molecular formula is C21H24N2O3. The second kappa shape index (κ2) is 7.17. The van der Waals surface area contributed by atoms with Crippen molar-refractivity contribution >= 4 is 5.91 Å². The number of carbonyl (C=O) groups is 1. The molecular weight excluding hydrogens is 328 g/mol. The third kappa shape index (κ3) is 3.24. The Balaban J connectivity index is 1.43. The highest BCUT2D eigenvalue weighted by Gasteiger charge is 2.52. The summed E-state index contributed by atoms with van der Waals surface area (Å²) in [4.78, 5) is 19.1. The van der Waals surface area contributed by atoms with Crippen LogP contribution < -0.4 is 0 Å². The number of carbonyl (C=O) groups excluding carboxylic acids is 1. The lowest BCUT2D eigenvalue weighted by atomic mass is 9.82. The number of aryl methyl sites for hydroxylation is 1. The maximum Gasteiger partial charge on any atom is 0.254 e. The maximum absolute atomic E-state index is 13.0. The van der Waals surface area contributed by atoms with Crippen molar-refractivity contribution in [3.05, 3.63) is 65.5 Å². The van der Waals surface area contributed by atoms with Crippen molar-refractivity contribution < 1.29 is 14.3 Å². The van der Waals surface area contributed by atoms with Crippen molar-refractivity contribution in [2.24, 2.45) is 11.3 Å². The lowest BCUT2D eigenvalue weighted by molar-refractivity contribution is 0.0185. The topological polar surface area (TPSA) is 51.7 Å². The lowest BCUT2D eigenvalue weighted by Gasteiger charge is -2.27. The van der Waals surface area contributed by atoms with Gasteiger partial charge in [-0.05, 0) is 30.2 Å². The zero-order chi connectivity index (χ0) is 18.0. The van der Waals surface area contributed by atoms with E-state index in [1.165, 1.54) is 0 Å². The van der Waals surface area contributed by atoms with Gasteiger partial charge in [0.2, 0.25) is 0 Å². The summed E-state index contributed by atoms with van der Waals surface area (Å²) in [7, 11) is 0. The first kappa shape index (κ1) is 17.2. The Labute approximate surface area is 153 Å². The van der Waals surface area contributed by atoms with Gasteiger partial charge in [0, 0.05) is 42.4 Å². The molecule has 3 heterocycles. The number of amides is 1. The van der Waals surface area contributed by atoms with Crippen LogP contribution in [0.5, 0.6) is 0 Å². The minimum Gasteiger partial charge on any atom is -0.380 e. The van der Waals surface area contributed by atoms with Gasteiger partial charge < -0.3 is 14.4 Å². The molecule has 26 heavy (non-hydrogen) atoms. The minimum atomic E-state index is -0.0967. The van der Waals surface area contributed by atoms with Crippen LogP contribution in [0.3, 0.4) is 0 Å². The Morgan fingerprint density at radius 3 is 3.04 bits per heavy atom. The van der Waals surface area contributed by atoms with E-state index < -0.39 is 0 Å². The lowest BCUT2D eigenvalue weighted by Crippen LogP contribution is -2.37. The summed E-state index contributed by atoms with van der Waals surface area (Å²) in [5, 5.41) is 0. The highest BCUT2D eigenvalue weighted by Crippen LogP contribution is 2.42. The third-order valence-electron chi connectivity index (χ3n) is 5.56. The Bertz CT molecular complexity index is 780. The quantitative estimate of drug-likeness (QED) is 0.830. The highest BCUT2D eigenvalue weighted by molar-refractivity contribution is 5.95. The van der Waals surface area contributed by atoms with E-state index in [4.69, 9.17) is 9.47 Å². The molecule has 0 bridgehead atoms.